The summed E-state index contributed by atoms with van der Waals surface area (Å²) < 4.78 is 33.4. The van der Waals surface area contributed by atoms with Crippen LogP contribution in [-0.2, 0) is 10.0 Å². The lowest BCUT2D eigenvalue weighted by molar-refractivity contribution is 0.338. The number of thiophene rings is 1. The standard InChI is InChI=1S/C16H15N3O3S2/c20-24(21,19-12-7-2-1-3-8-12)14-10-9-13(23-14)16-18-17-15(22-16)11-5-4-6-11/h1-3,7-11,19H,4-6H2. The molecule has 0 bridgehead atoms. The fraction of sp³-hybridized carbons (Fsp3) is 0.250. The first-order valence-corrected chi connectivity index (χ1v) is 9.93. The van der Waals surface area contributed by atoms with Gasteiger partial charge in [-0.1, -0.05) is 24.6 Å². The Bertz CT molecular complexity index is 944. The van der Waals surface area contributed by atoms with Gasteiger partial charge in [-0.25, -0.2) is 8.42 Å². The number of rotatable bonds is 5. The number of sulfonamides is 1. The van der Waals surface area contributed by atoms with Crippen LogP contribution in [0.25, 0.3) is 10.8 Å². The molecule has 2 aromatic heterocycles. The van der Waals surface area contributed by atoms with Crippen LogP contribution in [0, 0.1) is 0 Å². The Morgan fingerprint density at radius 3 is 2.58 bits per heavy atom. The van der Waals surface area contributed by atoms with E-state index in [1.807, 2.05) is 6.07 Å². The van der Waals surface area contributed by atoms with E-state index in [0.29, 0.717) is 28.3 Å². The van der Waals surface area contributed by atoms with Crippen LogP contribution in [0.15, 0.2) is 51.1 Å². The summed E-state index contributed by atoms with van der Waals surface area (Å²) in [7, 11) is -3.62. The molecule has 1 fully saturated rings. The van der Waals surface area contributed by atoms with Gasteiger partial charge in [0.05, 0.1) is 4.88 Å². The highest BCUT2D eigenvalue weighted by molar-refractivity contribution is 7.94. The van der Waals surface area contributed by atoms with Crippen LogP contribution >= 0.6 is 11.3 Å². The Hall–Kier alpha value is -2.19. The average molecular weight is 361 g/mol. The zero-order chi connectivity index (χ0) is 16.6. The number of nitrogens with one attached hydrogen (secondary N) is 1. The third-order valence-corrected chi connectivity index (χ3v) is 6.92. The van der Waals surface area contributed by atoms with Gasteiger partial charge in [0.15, 0.2) is 0 Å². The second-order valence-electron chi connectivity index (χ2n) is 5.66. The first-order valence-electron chi connectivity index (χ1n) is 7.63. The van der Waals surface area contributed by atoms with Crippen molar-refractivity contribution in [3.8, 4) is 10.8 Å². The van der Waals surface area contributed by atoms with Gasteiger partial charge in [0.1, 0.15) is 4.21 Å². The maximum atomic E-state index is 12.4. The molecule has 124 valence electrons. The highest BCUT2D eigenvalue weighted by Gasteiger charge is 2.26. The van der Waals surface area contributed by atoms with Gasteiger partial charge in [-0.05, 0) is 37.1 Å². The van der Waals surface area contributed by atoms with E-state index in [4.69, 9.17) is 4.42 Å². The molecule has 0 atom stereocenters. The molecule has 0 spiro atoms. The quantitative estimate of drug-likeness (QED) is 0.746. The van der Waals surface area contributed by atoms with Gasteiger partial charge in [0.2, 0.25) is 5.89 Å². The Morgan fingerprint density at radius 1 is 1.08 bits per heavy atom. The number of benzene rings is 1. The predicted molar refractivity (Wildman–Crippen MR) is 91.5 cm³/mol. The Labute approximate surface area is 143 Å². The van der Waals surface area contributed by atoms with E-state index in [2.05, 4.69) is 14.9 Å². The smallest absolute Gasteiger partial charge is 0.271 e. The Kier molecular flexibility index (Phi) is 3.85. The van der Waals surface area contributed by atoms with Crippen molar-refractivity contribution in [2.45, 2.75) is 29.4 Å². The molecule has 1 aromatic carbocycles. The van der Waals surface area contributed by atoms with Crippen molar-refractivity contribution in [1.29, 1.82) is 0 Å². The van der Waals surface area contributed by atoms with Crippen LogP contribution in [0.1, 0.15) is 31.1 Å². The largest absolute Gasteiger partial charge is 0.420 e. The molecule has 1 N–H and O–H groups in total. The van der Waals surface area contributed by atoms with E-state index < -0.39 is 10.0 Å². The fourth-order valence-electron chi connectivity index (χ4n) is 2.45. The number of anilines is 1. The summed E-state index contributed by atoms with van der Waals surface area (Å²) in [5.74, 6) is 1.38. The molecule has 1 aliphatic rings. The van der Waals surface area contributed by atoms with Crippen LogP contribution in [0.4, 0.5) is 5.69 Å². The van der Waals surface area contributed by atoms with Gasteiger partial charge in [-0.3, -0.25) is 4.72 Å². The van der Waals surface area contributed by atoms with E-state index in [1.54, 1.807) is 36.4 Å². The number of hydrogen-bond acceptors (Lipinski definition) is 6. The number of nitrogens with zero attached hydrogens (tertiary/aromatic N) is 2. The molecular formula is C16H15N3O3S2. The van der Waals surface area contributed by atoms with Crippen molar-refractivity contribution >= 4 is 27.0 Å². The first kappa shape index (κ1) is 15.3. The second-order valence-corrected chi connectivity index (χ2v) is 8.66. The average Bonchev–Trinajstić information content (AvgIpc) is 3.15. The minimum Gasteiger partial charge on any atom is -0.420 e. The summed E-state index contributed by atoms with van der Waals surface area (Å²) >= 11 is 1.12. The van der Waals surface area contributed by atoms with Gasteiger partial charge in [0, 0.05) is 11.6 Å². The van der Waals surface area contributed by atoms with Crippen molar-refractivity contribution in [3.05, 3.63) is 48.4 Å². The minimum atomic E-state index is -3.62. The molecule has 24 heavy (non-hydrogen) atoms. The molecule has 6 nitrogen and oxygen atoms in total. The predicted octanol–water partition coefficient (Wildman–Crippen LogP) is 3.87. The maximum Gasteiger partial charge on any atom is 0.271 e. The molecule has 0 radical (unpaired) electrons. The monoisotopic (exact) mass is 361 g/mol. The fourth-order valence-corrected chi connectivity index (χ4v) is 4.73. The lowest BCUT2D eigenvalue weighted by atomic mass is 9.85. The summed E-state index contributed by atoms with van der Waals surface area (Å²) in [6.07, 6.45) is 3.34. The molecule has 3 aromatic rings. The third-order valence-electron chi connectivity index (χ3n) is 3.98. The van der Waals surface area contributed by atoms with Crippen LogP contribution in [-0.4, -0.2) is 18.6 Å². The van der Waals surface area contributed by atoms with Gasteiger partial charge in [-0.2, -0.15) is 0 Å². The van der Waals surface area contributed by atoms with Gasteiger partial charge < -0.3 is 4.42 Å². The van der Waals surface area contributed by atoms with E-state index in [9.17, 15) is 8.42 Å². The van der Waals surface area contributed by atoms with E-state index in [1.165, 1.54) is 6.42 Å². The van der Waals surface area contributed by atoms with Crippen molar-refractivity contribution in [2.75, 3.05) is 4.72 Å². The second kappa shape index (κ2) is 6.03. The molecule has 0 amide bonds. The SMILES string of the molecule is O=S(=O)(Nc1ccccc1)c1ccc(-c2nnc(C3CCC3)o2)s1. The molecule has 8 heteroatoms. The molecule has 0 aliphatic heterocycles. The molecule has 4 rings (SSSR count). The first-order chi connectivity index (χ1) is 11.6. The van der Waals surface area contributed by atoms with E-state index in [0.717, 1.165) is 24.2 Å². The minimum absolute atomic E-state index is 0.213. The lowest BCUT2D eigenvalue weighted by Crippen LogP contribution is -2.11. The van der Waals surface area contributed by atoms with Crippen molar-refractivity contribution in [2.24, 2.45) is 0 Å². The van der Waals surface area contributed by atoms with Crippen molar-refractivity contribution in [1.82, 2.24) is 10.2 Å². The van der Waals surface area contributed by atoms with Crippen LogP contribution in [0.3, 0.4) is 0 Å². The lowest BCUT2D eigenvalue weighted by Gasteiger charge is -2.20. The van der Waals surface area contributed by atoms with E-state index >= 15 is 0 Å². The van der Waals surface area contributed by atoms with Crippen LogP contribution < -0.4 is 4.72 Å². The summed E-state index contributed by atoms with van der Waals surface area (Å²) in [5.41, 5.74) is 0.525. The van der Waals surface area contributed by atoms with Gasteiger partial charge >= 0.3 is 0 Å². The topological polar surface area (TPSA) is 85.1 Å². The van der Waals surface area contributed by atoms with Gasteiger partial charge in [-0.15, -0.1) is 21.5 Å². The molecule has 0 saturated heterocycles. The van der Waals surface area contributed by atoms with E-state index in [-0.39, 0.29) is 4.21 Å². The summed E-state index contributed by atoms with van der Waals surface area (Å²) in [4.78, 5) is 0.654. The number of para-hydroxylation sites is 1. The molecular weight excluding hydrogens is 346 g/mol. The molecule has 0 unspecified atom stereocenters. The van der Waals surface area contributed by atoms with Crippen LogP contribution in [0.5, 0.6) is 0 Å². The maximum absolute atomic E-state index is 12.4. The highest BCUT2D eigenvalue weighted by atomic mass is 32.2. The summed E-state index contributed by atoms with van der Waals surface area (Å²) in [5, 5.41) is 8.13. The number of aromatic nitrogens is 2. The van der Waals surface area contributed by atoms with Gasteiger partial charge in [0.25, 0.3) is 15.9 Å². The zero-order valence-corrected chi connectivity index (χ0v) is 14.3. The summed E-state index contributed by atoms with van der Waals surface area (Å²) in [6.45, 7) is 0. The van der Waals surface area contributed by atoms with Crippen LogP contribution in [0.2, 0.25) is 0 Å². The Morgan fingerprint density at radius 2 is 1.88 bits per heavy atom. The normalized spacial score (nSPS) is 15.2. The molecule has 2 heterocycles. The molecule has 1 saturated carbocycles. The van der Waals surface area contributed by atoms with Crippen molar-refractivity contribution < 1.29 is 12.8 Å². The molecule has 1 aliphatic carbocycles. The zero-order valence-electron chi connectivity index (χ0n) is 12.7. The Balaban J connectivity index is 1.56. The van der Waals surface area contributed by atoms with Crippen molar-refractivity contribution in [3.63, 3.8) is 0 Å². The third kappa shape index (κ3) is 2.94. The summed E-state index contributed by atoms with van der Waals surface area (Å²) in [6, 6.07) is 12.0. The number of hydrogen-bond donors (Lipinski definition) is 1. The highest BCUT2D eigenvalue weighted by Crippen LogP contribution is 2.37.